The van der Waals surface area contributed by atoms with Crippen molar-refractivity contribution < 1.29 is 9.53 Å². The smallest absolute Gasteiger partial charge is 0.310 e. The Morgan fingerprint density at radius 3 is 2.38 bits per heavy atom. The van der Waals surface area contributed by atoms with Crippen LogP contribution < -0.4 is 5.73 Å². The van der Waals surface area contributed by atoms with Crippen molar-refractivity contribution in [2.75, 3.05) is 6.61 Å². The van der Waals surface area contributed by atoms with E-state index in [1.54, 1.807) is 0 Å². The summed E-state index contributed by atoms with van der Waals surface area (Å²) in [7, 11) is 0. The summed E-state index contributed by atoms with van der Waals surface area (Å²) in [5, 5.41) is 0. The predicted octanol–water partition coefficient (Wildman–Crippen LogP) is 1.68. The number of carbonyl (C=O) groups excluding carboxylic acids is 1. The Morgan fingerprint density at radius 1 is 1.31 bits per heavy atom. The fourth-order valence-corrected chi connectivity index (χ4v) is 1.54. The van der Waals surface area contributed by atoms with E-state index in [9.17, 15) is 4.79 Å². The third-order valence-corrected chi connectivity index (χ3v) is 2.23. The minimum atomic E-state index is -0.178. The summed E-state index contributed by atoms with van der Waals surface area (Å²) < 4.78 is 4.88. The Morgan fingerprint density at radius 2 is 1.88 bits per heavy atom. The van der Waals surface area contributed by atoms with Crippen LogP contribution >= 0.6 is 0 Å². The fourth-order valence-electron chi connectivity index (χ4n) is 1.54. The van der Waals surface area contributed by atoms with Gasteiger partial charge in [0, 0.05) is 6.04 Å². The third kappa shape index (κ3) is 4.45. The molecule has 0 aromatic heterocycles. The van der Waals surface area contributed by atoms with Crippen LogP contribution in [0.25, 0.3) is 0 Å². The maximum Gasteiger partial charge on any atom is 0.310 e. The van der Waals surface area contributed by atoms with E-state index in [0.717, 1.165) is 12.0 Å². The summed E-state index contributed by atoms with van der Waals surface area (Å²) in [5.41, 5.74) is 7.88. The summed E-state index contributed by atoms with van der Waals surface area (Å²) in [4.78, 5) is 11.2. The molecule has 1 aromatic carbocycles. The number of nitrogens with two attached hydrogens (primary N) is 1. The van der Waals surface area contributed by atoms with Gasteiger partial charge in [0.15, 0.2) is 0 Å². The molecule has 0 fully saturated rings. The molecule has 16 heavy (non-hydrogen) atoms. The van der Waals surface area contributed by atoms with E-state index in [-0.39, 0.29) is 12.0 Å². The number of hydrogen-bond donors (Lipinski definition) is 1. The zero-order chi connectivity index (χ0) is 12.0. The van der Waals surface area contributed by atoms with Crippen LogP contribution in [0, 0.1) is 0 Å². The number of ether oxygens (including phenoxy) is 1. The van der Waals surface area contributed by atoms with Crippen LogP contribution in [0.5, 0.6) is 0 Å². The van der Waals surface area contributed by atoms with Crippen molar-refractivity contribution >= 4 is 5.97 Å². The lowest BCUT2D eigenvalue weighted by Gasteiger charge is -2.06. The molecule has 3 nitrogen and oxygen atoms in total. The maximum atomic E-state index is 11.2. The predicted molar refractivity (Wildman–Crippen MR) is 64.1 cm³/mol. The lowest BCUT2D eigenvalue weighted by Crippen LogP contribution is -2.17. The van der Waals surface area contributed by atoms with Crippen molar-refractivity contribution in [3.05, 3.63) is 35.4 Å². The van der Waals surface area contributed by atoms with Gasteiger partial charge in [0.05, 0.1) is 13.0 Å². The van der Waals surface area contributed by atoms with Gasteiger partial charge < -0.3 is 10.5 Å². The van der Waals surface area contributed by atoms with Crippen molar-refractivity contribution in [3.63, 3.8) is 0 Å². The minimum absolute atomic E-state index is 0.163. The molecule has 1 aromatic rings. The molecule has 0 spiro atoms. The highest BCUT2D eigenvalue weighted by Crippen LogP contribution is 2.07. The second-order valence-corrected chi connectivity index (χ2v) is 3.98. The molecule has 1 rings (SSSR count). The molecule has 88 valence electrons. The van der Waals surface area contributed by atoms with E-state index in [2.05, 4.69) is 0 Å². The molecule has 0 aliphatic heterocycles. The fraction of sp³-hybridized carbons (Fsp3) is 0.462. The van der Waals surface area contributed by atoms with E-state index in [1.807, 2.05) is 38.1 Å². The molecule has 0 heterocycles. The quantitative estimate of drug-likeness (QED) is 0.770. The third-order valence-electron chi connectivity index (χ3n) is 2.23. The SMILES string of the molecule is CCOC(=O)Cc1ccc(CC(C)N)cc1. The molecule has 1 unspecified atom stereocenters. The van der Waals surface area contributed by atoms with E-state index in [1.165, 1.54) is 5.56 Å². The van der Waals surface area contributed by atoms with Crippen molar-refractivity contribution in [2.45, 2.75) is 32.7 Å². The van der Waals surface area contributed by atoms with Crippen LogP contribution in [-0.2, 0) is 22.4 Å². The minimum Gasteiger partial charge on any atom is -0.466 e. The number of hydrogen-bond acceptors (Lipinski definition) is 3. The zero-order valence-electron chi connectivity index (χ0n) is 9.90. The topological polar surface area (TPSA) is 52.3 Å². The van der Waals surface area contributed by atoms with Gasteiger partial charge in [-0.2, -0.15) is 0 Å². The zero-order valence-corrected chi connectivity index (χ0v) is 9.90. The Kier molecular flexibility index (Phi) is 4.99. The second kappa shape index (κ2) is 6.28. The van der Waals surface area contributed by atoms with Crippen molar-refractivity contribution in [3.8, 4) is 0 Å². The number of carbonyl (C=O) groups is 1. The molecular weight excluding hydrogens is 202 g/mol. The molecular formula is C13H19NO2. The van der Waals surface area contributed by atoms with Gasteiger partial charge in [0.1, 0.15) is 0 Å². The summed E-state index contributed by atoms with van der Waals surface area (Å²) in [6, 6.07) is 8.09. The van der Waals surface area contributed by atoms with Crippen LogP contribution in [-0.4, -0.2) is 18.6 Å². The van der Waals surface area contributed by atoms with Crippen LogP contribution in [0.15, 0.2) is 24.3 Å². The van der Waals surface area contributed by atoms with Crippen LogP contribution in [0.4, 0.5) is 0 Å². The molecule has 2 N–H and O–H groups in total. The standard InChI is InChI=1S/C13H19NO2/c1-3-16-13(15)9-12-6-4-11(5-7-12)8-10(2)14/h4-7,10H,3,8-9,14H2,1-2H3. The molecule has 0 amide bonds. The van der Waals surface area contributed by atoms with E-state index in [0.29, 0.717) is 13.0 Å². The second-order valence-electron chi connectivity index (χ2n) is 3.98. The van der Waals surface area contributed by atoms with Gasteiger partial charge >= 0.3 is 5.97 Å². The van der Waals surface area contributed by atoms with E-state index in [4.69, 9.17) is 10.5 Å². The molecule has 0 saturated heterocycles. The molecule has 0 saturated carbocycles. The molecule has 0 aliphatic rings. The van der Waals surface area contributed by atoms with Crippen LogP contribution in [0.2, 0.25) is 0 Å². The largest absolute Gasteiger partial charge is 0.466 e. The first kappa shape index (κ1) is 12.7. The van der Waals surface area contributed by atoms with Crippen molar-refractivity contribution in [2.24, 2.45) is 5.73 Å². The Balaban J connectivity index is 2.54. The Labute approximate surface area is 96.6 Å². The summed E-state index contributed by atoms with van der Waals surface area (Å²) in [5.74, 6) is -0.178. The lowest BCUT2D eigenvalue weighted by molar-refractivity contribution is -0.142. The highest BCUT2D eigenvalue weighted by molar-refractivity contribution is 5.72. The van der Waals surface area contributed by atoms with Gasteiger partial charge in [-0.05, 0) is 31.4 Å². The highest BCUT2D eigenvalue weighted by atomic mass is 16.5. The van der Waals surface area contributed by atoms with Crippen molar-refractivity contribution in [1.29, 1.82) is 0 Å². The average molecular weight is 221 g/mol. The maximum absolute atomic E-state index is 11.2. The first-order chi connectivity index (χ1) is 7.61. The molecule has 1 atom stereocenters. The summed E-state index contributed by atoms with van der Waals surface area (Å²) >= 11 is 0. The van der Waals surface area contributed by atoms with Crippen LogP contribution in [0.3, 0.4) is 0 Å². The lowest BCUT2D eigenvalue weighted by atomic mass is 10.0. The van der Waals surface area contributed by atoms with Gasteiger partial charge in [-0.25, -0.2) is 0 Å². The first-order valence-corrected chi connectivity index (χ1v) is 5.60. The first-order valence-electron chi connectivity index (χ1n) is 5.60. The summed E-state index contributed by atoms with van der Waals surface area (Å²) in [6.45, 7) is 4.22. The number of benzene rings is 1. The Bertz CT molecular complexity index is 330. The van der Waals surface area contributed by atoms with Gasteiger partial charge in [0.2, 0.25) is 0 Å². The average Bonchev–Trinajstić information content (AvgIpc) is 2.20. The number of rotatable bonds is 5. The van der Waals surface area contributed by atoms with Crippen LogP contribution in [0.1, 0.15) is 25.0 Å². The normalized spacial score (nSPS) is 12.2. The molecule has 0 radical (unpaired) electrons. The highest BCUT2D eigenvalue weighted by Gasteiger charge is 2.04. The molecule has 3 heteroatoms. The van der Waals surface area contributed by atoms with Gasteiger partial charge in [-0.15, -0.1) is 0 Å². The molecule has 0 bridgehead atoms. The number of esters is 1. The van der Waals surface area contributed by atoms with E-state index >= 15 is 0 Å². The summed E-state index contributed by atoms with van der Waals surface area (Å²) in [6.07, 6.45) is 1.20. The van der Waals surface area contributed by atoms with Gasteiger partial charge in [0.25, 0.3) is 0 Å². The van der Waals surface area contributed by atoms with Gasteiger partial charge in [-0.1, -0.05) is 24.3 Å². The monoisotopic (exact) mass is 221 g/mol. The van der Waals surface area contributed by atoms with Gasteiger partial charge in [-0.3, -0.25) is 4.79 Å². The molecule has 0 aliphatic carbocycles. The van der Waals surface area contributed by atoms with E-state index < -0.39 is 0 Å². The van der Waals surface area contributed by atoms with Crippen molar-refractivity contribution in [1.82, 2.24) is 0 Å². The Hall–Kier alpha value is -1.35.